The molecule has 0 aliphatic carbocycles. The molecule has 28 heavy (non-hydrogen) atoms. The van der Waals surface area contributed by atoms with E-state index in [1.807, 2.05) is 51.5 Å². The Morgan fingerprint density at radius 3 is 2.89 bits per heavy atom. The number of hydrogen-bond acceptors (Lipinski definition) is 8. The summed E-state index contributed by atoms with van der Waals surface area (Å²) in [6, 6.07) is 14.7. The minimum absolute atomic E-state index is 0.0432. The number of nitro groups is 1. The van der Waals surface area contributed by atoms with Crippen molar-refractivity contribution in [3.63, 3.8) is 0 Å². The van der Waals surface area contributed by atoms with Crippen molar-refractivity contribution in [2.45, 2.75) is 17.1 Å². The Hall–Kier alpha value is -2.98. The van der Waals surface area contributed by atoms with Crippen LogP contribution in [0.25, 0.3) is 0 Å². The van der Waals surface area contributed by atoms with Crippen molar-refractivity contribution in [3.8, 4) is 5.75 Å². The van der Waals surface area contributed by atoms with Crippen LogP contribution in [-0.4, -0.2) is 19.8 Å². The van der Waals surface area contributed by atoms with Crippen LogP contribution in [0.15, 0.2) is 70.5 Å². The zero-order valence-electron chi connectivity index (χ0n) is 14.3. The van der Waals surface area contributed by atoms with E-state index in [0.717, 1.165) is 21.3 Å². The molecule has 0 spiro atoms. The second-order valence-electron chi connectivity index (χ2n) is 6.11. The monoisotopic (exact) mass is 411 g/mol. The summed E-state index contributed by atoms with van der Waals surface area (Å²) in [6.07, 6.45) is 1.65. The number of nitrogens with zero attached hydrogens (tertiary/aromatic N) is 5. The quantitative estimate of drug-likeness (QED) is 0.459. The summed E-state index contributed by atoms with van der Waals surface area (Å²) in [5, 5.41) is 25.4. The average Bonchev–Trinajstić information content (AvgIpc) is 3.40. The molecule has 0 amide bonds. The topological polar surface area (TPSA) is 86.3 Å². The number of fused-ring (bicyclic) bond motifs is 3. The van der Waals surface area contributed by atoms with Crippen molar-refractivity contribution < 1.29 is 9.66 Å². The molecule has 2 aliphatic heterocycles. The fourth-order valence-electron chi connectivity index (χ4n) is 3.08. The summed E-state index contributed by atoms with van der Waals surface area (Å²) < 4.78 is 7.60. The van der Waals surface area contributed by atoms with E-state index in [0.29, 0.717) is 0 Å². The van der Waals surface area contributed by atoms with Crippen LogP contribution in [0.2, 0.25) is 0 Å². The minimum atomic E-state index is -0.402. The highest BCUT2D eigenvalue weighted by molar-refractivity contribution is 8.07. The number of thioether (sulfide) groups is 2. The van der Waals surface area contributed by atoms with Gasteiger partial charge >= 0.3 is 5.69 Å². The molecule has 1 atom stereocenters. The number of ether oxygens (including phenoxy) is 1. The lowest BCUT2D eigenvalue weighted by Gasteiger charge is -2.24. The van der Waals surface area contributed by atoms with E-state index in [1.54, 1.807) is 30.2 Å². The maximum absolute atomic E-state index is 11.6. The van der Waals surface area contributed by atoms with Gasteiger partial charge in [0.15, 0.2) is 5.75 Å². The third-order valence-electron chi connectivity index (χ3n) is 4.38. The van der Waals surface area contributed by atoms with Crippen LogP contribution in [0.3, 0.4) is 0 Å². The van der Waals surface area contributed by atoms with Crippen LogP contribution >= 0.6 is 23.5 Å². The molecular formula is C18H13N5O3S2. The van der Waals surface area contributed by atoms with Gasteiger partial charge in [0.25, 0.3) is 0 Å². The van der Waals surface area contributed by atoms with E-state index < -0.39 is 4.92 Å². The largest absolute Gasteiger partial charge is 0.482 e. The third kappa shape index (κ3) is 2.90. The molecule has 5 rings (SSSR count). The Morgan fingerprint density at radius 2 is 2.07 bits per heavy atom. The van der Waals surface area contributed by atoms with Gasteiger partial charge in [-0.15, -0.1) is 10.2 Å². The summed E-state index contributed by atoms with van der Waals surface area (Å²) in [4.78, 5) is 11.2. The van der Waals surface area contributed by atoms with E-state index in [9.17, 15) is 10.1 Å². The number of nitro benzene ring substituents is 1. The van der Waals surface area contributed by atoms with Crippen molar-refractivity contribution in [1.82, 2.24) is 14.9 Å². The SMILES string of the molecule is O=[N+]([O-])c1cc(C2SC=C3Sc4nncn4N32)ccc1OCc1ccccc1. The van der Waals surface area contributed by atoms with Gasteiger partial charge in [0.2, 0.25) is 5.16 Å². The third-order valence-corrected chi connectivity index (χ3v) is 6.58. The molecule has 0 bridgehead atoms. The van der Waals surface area contributed by atoms with E-state index in [4.69, 9.17) is 4.74 Å². The maximum Gasteiger partial charge on any atom is 0.311 e. The Bertz CT molecular complexity index is 1090. The van der Waals surface area contributed by atoms with E-state index in [-0.39, 0.29) is 23.4 Å². The van der Waals surface area contributed by atoms with Gasteiger partial charge in [-0.3, -0.25) is 15.1 Å². The van der Waals surface area contributed by atoms with Crippen LogP contribution in [0.1, 0.15) is 16.5 Å². The Balaban J connectivity index is 1.42. The molecule has 10 heteroatoms. The predicted molar refractivity (Wildman–Crippen MR) is 106 cm³/mol. The van der Waals surface area contributed by atoms with Crippen LogP contribution in [-0.2, 0) is 6.61 Å². The molecule has 0 fully saturated rings. The smallest absolute Gasteiger partial charge is 0.311 e. The molecule has 1 aromatic heterocycles. The van der Waals surface area contributed by atoms with E-state index in [1.165, 1.54) is 11.8 Å². The van der Waals surface area contributed by atoms with Crippen molar-refractivity contribution in [1.29, 1.82) is 0 Å². The zero-order valence-corrected chi connectivity index (χ0v) is 16.0. The number of rotatable bonds is 5. The van der Waals surface area contributed by atoms with Gasteiger partial charge in [-0.05, 0) is 29.0 Å². The van der Waals surface area contributed by atoms with Crippen molar-refractivity contribution in [2.24, 2.45) is 0 Å². The lowest BCUT2D eigenvalue weighted by molar-refractivity contribution is -0.386. The molecule has 3 heterocycles. The van der Waals surface area contributed by atoms with Gasteiger partial charge in [0.1, 0.15) is 23.3 Å². The van der Waals surface area contributed by atoms with Crippen molar-refractivity contribution in [2.75, 3.05) is 5.01 Å². The zero-order chi connectivity index (χ0) is 19.1. The molecule has 0 N–H and O–H groups in total. The lowest BCUT2D eigenvalue weighted by atomic mass is 10.1. The van der Waals surface area contributed by atoms with Gasteiger partial charge in [0.05, 0.1) is 4.92 Å². The lowest BCUT2D eigenvalue weighted by Crippen LogP contribution is -2.28. The first-order valence-electron chi connectivity index (χ1n) is 8.39. The molecule has 0 saturated heterocycles. The first kappa shape index (κ1) is 17.1. The van der Waals surface area contributed by atoms with Gasteiger partial charge in [0, 0.05) is 11.5 Å². The summed E-state index contributed by atoms with van der Waals surface area (Å²) in [6.45, 7) is 0.276. The first-order valence-corrected chi connectivity index (χ1v) is 10.1. The minimum Gasteiger partial charge on any atom is -0.482 e. The fourth-order valence-corrected chi connectivity index (χ4v) is 5.28. The molecule has 0 radical (unpaired) electrons. The molecule has 140 valence electrons. The second-order valence-corrected chi connectivity index (χ2v) is 8.05. The summed E-state index contributed by atoms with van der Waals surface area (Å²) in [5.41, 5.74) is 1.73. The highest BCUT2D eigenvalue weighted by Crippen LogP contribution is 2.51. The highest BCUT2D eigenvalue weighted by Gasteiger charge is 2.38. The molecule has 8 nitrogen and oxygen atoms in total. The van der Waals surface area contributed by atoms with E-state index >= 15 is 0 Å². The first-order chi connectivity index (χ1) is 13.7. The molecular weight excluding hydrogens is 398 g/mol. The number of benzene rings is 2. The van der Waals surface area contributed by atoms with Gasteiger partial charge in [-0.2, -0.15) is 0 Å². The van der Waals surface area contributed by atoms with Crippen molar-refractivity contribution in [3.05, 3.63) is 86.5 Å². The molecule has 0 saturated carbocycles. The standard InChI is InChI=1S/C18H13N5O3S2/c24-23(25)14-8-13(6-7-15(14)26-9-12-4-2-1-3-5-12)17-22-16(10-27-17)28-18-20-19-11-21(18)22/h1-8,10-11,17H,9H2. The normalized spacial score (nSPS) is 17.2. The van der Waals surface area contributed by atoms with Crippen LogP contribution < -0.4 is 9.75 Å². The fraction of sp³-hybridized carbons (Fsp3) is 0.111. The number of hydrogen-bond donors (Lipinski definition) is 0. The van der Waals surface area contributed by atoms with Crippen LogP contribution in [0.4, 0.5) is 5.69 Å². The summed E-state index contributed by atoms with van der Waals surface area (Å²) in [5.74, 6) is 0.259. The number of aromatic nitrogens is 3. The molecule has 2 aromatic carbocycles. The average molecular weight is 411 g/mol. The summed E-state index contributed by atoms with van der Waals surface area (Å²) in [7, 11) is 0. The van der Waals surface area contributed by atoms with Crippen LogP contribution in [0.5, 0.6) is 5.75 Å². The molecule has 2 aliphatic rings. The van der Waals surface area contributed by atoms with E-state index in [2.05, 4.69) is 10.2 Å². The Kier molecular flexibility index (Phi) is 4.21. The second kappa shape index (κ2) is 6.88. The van der Waals surface area contributed by atoms with Crippen LogP contribution in [0, 0.1) is 10.1 Å². The highest BCUT2D eigenvalue weighted by atomic mass is 32.2. The predicted octanol–water partition coefficient (Wildman–Crippen LogP) is 4.05. The summed E-state index contributed by atoms with van der Waals surface area (Å²) >= 11 is 3.12. The molecule has 3 aromatic rings. The Morgan fingerprint density at radius 1 is 1.21 bits per heavy atom. The van der Waals surface area contributed by atoms with Gasteiger partial charge in [-0.1, -0.05) is 48.2 Å². The van der Waals surface area contributed by atoms with Crippen molar-refractivity contribution >= 4 is 29.2 Å². The van der Waals surface area contributed by atoms with Gasteiger partial charge < -0.3 is 4.74 Å². The molecule has 1 unspecified atom stereocenters. The van der Waals surface area contributed by atoms with Gasteiger partial charge in [-0.25, -0.2) is 4.68 Å². The Labute approximate surface area is 168 Å². The maximum atomic E-state index is 11.6.